The van der Waals surface area contributed by atoms with E-state index in [-0.39, 0.29) is 0 Å². The first-order valence-electron chi connectivity index (χ1n) is 8.32. The molecule has 2 heterocycles. The Morgan fingerprint density at radius 2 is 1.83 bits per heavy atom. The summed E-state index contributed by atoms with van der Waals surface area (Å²) in [6.45, 7) is 1.54. The Labute approximate surface area is 142 Å². The summed E-state index contributed by atoms with van der Waals surface area (Å²) in [6.07, 6.45) is 3.24. The van der Waals surface area contributed by atoms with E-state index in [1.165, 1.54) is 0 Å². The molecule has 1 aliphatic rings. The summed E-state index contributed by atoms with van der Waals surface area (Å²) < 4.78 is 12.3. The molecule has 1 aliphatic heterocycles. The van der Waals surface area contributed by atoms with E-state index in [1.54, 1.807) is 0 Å². The van der Waals surface area contributed by atoms with E-state index in [9.17, 15) is 0 Å². The minimum Gasteiger partial charge on any atom is -0.488 e. The molecule has 0 bridgehead atoms. The Morgan fingerprint density at radius 3 is 2.71 bits per heavy atom. The lowest BCUT2D eigenvalue weighted by Gasteiger charge is -2.10. The molecule has 0 atom stereocenters. The van der Waals surface area contributed by atoms with Gasteiger partial charge in [-0.1, -0.05) is 42.5 Å². The minimum atomic E-state index is 0.536. The Kier molecular flexibility index (Phi) is 3.87. The van der Waals surface area contributed by atoms with Gasteiger partial charge >= 0.3 is 0 Å². The van der Waals surface area contributed by atoms with Gasteiger partial charge in [-0.2, -0.15) is 0 Å². The Hall–Kier alpha value is -2.52. The van der Waals surface area contributed by atoms with E-state index in [4.69, 9.17) is 9.15 Å². The van der Waals surface area contributed by atoms with E-state index in [1.807, 2.05) is 30.3 Å². The topological polar surface area (TPSA) is 25.6 Å². The molecule has 0 radical (unpaired) electrons. The van der Waals surface area contributed by atoms with Gasteiger partial charge in [-0.15, -0.1) is 0 Å². The number of fused-ring (bicyclic) bond motifs is 4. The van der Waals surface area contributed by atoms with Crippen LogP contribution in [0.2, 0.25) is 0 Å². The number of hydrogen-bond acceptors (Lipinski definition) is 3. The molecule has 0 fully saturated rings. The first-order chi connectivity index (χ1) is 11.7. The van der Waals surface area contributed by atoms with Crippen molar-refractivity contribution in [2.45, 2.75) is 13.0 Å². The molecule has 0 unspecified atom stereocenters. The predicted molar refractivity (Wildman–Crippen MR) is 97.2 cm³/mol. The standard InChI is InChI=1S/C21H21NO2/c1-22(2)13-7-10-17-15-8-3-5-11-19(15)23-14-18-16-9-4-6-12-20(16)24-21(17)18/h3-6,8-12H,7,13-14H2,1-2H3/b17-10-. The molecule has 1 aromatic heterocycles. The van der Waals surface area contributed by atoms with Crippen LogP contribution in [0.25, 0.3) is 16.5 Å². The second kappa shape index (κ2) is 6.17. The molecule has 0 spiro atoms. The third kappa shape index (κ3) is 2.61. The first-order valence-corrected chi connectivity index (χ1v) is 8.32. The Balaban J connectivity index is 1.89. The molecule has 0 amide bonds. The van der Waals surface area contributed by atoms with Crippen molar-refractivity contribution in [2.75, 3.05) is 20.6 Å². The van der Waals surface area contributed by atoms with Crippen LogP contribution in [0.15, 0.2) is 59.0 Å². The molecule has 3 heteroatoms. The van der Waals surface area contributed by atoms with E-state index in [0.29, 0.717) is 6.61 Å². The fourth-order valence-electron chi connectivity index (χ4n) is 3.22. The van der Waals surface area contributed by atoms with E-state index < -0.39 is 0 Å². The van der Waals surface area contributed by atoms with Crippen LogP contribution in [0.5, 0.6) is 5.75 Å². The molecule has 122 valence electrons. The van der Waals surface area contributed by atoms with Crippen molar-refractivity contribution >= 4 is 16.5 Å². The number of nitrogens with zero attached hydrogens (tertiary/aromatic N) is 1. The summed E-state index contributed by atoms with van der Waals surface area (Å²) in [7, 11) is 4.19. The Morgan fingerprint density at radius 1 is 1.04 bits per heavy atom. The van der Waals surface area contributed by atoms with Gasteiger partial charge < -0.3 is 14.1 Å². The molecule has 0 N–H and O–H groups in total. The van der Waals surface area contributed by atoms with Crippen molar-refractivity contribution in [3.8, 4) is 5.75 Å². The lowest BCUT2D eigenvalue weighted by atomic mass is 9.99. The number of rotatable bonds is 3. The van der Waals surface area contributed by atoms with Crippen molar-refractivity contribution in [1.82, 2.24) is 4.90 Å². The molecular formula is C21H21NO2. The zero-order valence-electron chi connectivity index (χ0n) is 14.1. The molecule has 0 saturated carbocycles. The highest BCUT2D eigenvalue weighted by atomic mass is 16.5. The summed E-state index contributed by atoms with van der Waals surface area (Å²) in [5, 5.41) is 1.14. The average molecular weight is 319 g/mol. The highest BCUT2D eigenvalue weighted by Gasteiger charge is 2.24. The van der Waals surface area contributed by atoms with Crippen LogP contribution >= 0.6 is 0 Å². The summed E-state index contributed by atoms with van der Waals surface area (Å²) >= 11 is 0. The van der Waals surface area contributed by atoms with Crippen LogP contribution in [0.1, 0.15) is 23.3 Å². The highest BCUT2D eigenvalue weighted by Crippen LogP contribution is 2.40. The lowest BCUT2D eigenvalue weighted by molar-refractivity contribution is 0.307. The summed E-state index contributed by atoms with van der Waals surface area (Å²) in [5.41, 5.74) is 4.30. The van der Waals surface area contributed by atoms with Gasteiger partial charge in [-0.05, 0) is 32.6 Å². The monoisotopic (exact) mass is 319 g/mol. The highest BCUT2D eigenvalue weighted by molar-refractivity contribution is 5.91. The lowest BCUT2D eigenvalue weighted by Crippen LogP contribution is -2.12. The van der Waals surface area contributed by atoms with Gasteiger partial charge in [0.05, 0.1) is 0 Å². The Bertz CT molecular complexity index is 905. The maximum absolute atomic E-state index is 6.24. The SMILES string of the molecule is CN(C)CC/C=C1/c2ccccc2OCc2c1oc1ccccc21. The van der Waals surface area contributed by atoms with E-state index in [2.05, 4.69) is 43.3 Å². The fourth-order valence-corrected chi connectivity index (χ4v) is 3.22. The van der Waals surface area contributed by atoms with Crippen molar-refractivity contribution in [2.24, 2.45) is 0 Å². The number of ether oxygens (including phenoxy) is 1. The summed E-state index contributed by atoms with van der Waals surface area (Å²) in [4.78, 5) is 2.19. The van der Waals surface area contributed by atoms with Crippen molar-refractivity contribution in [3.63, 3.8) is 0 Å². The van der Waals surface area contributed by atoms with Crippen molar-refractivity contribution < 1.29 is 9.15 Å². The van der Waals surface area contributed by atoms with Crippen LogP contribution in [0.4, 0.5) is 0 Å². The van der Waals surface area contributed by atoms with E-state index >= 15 is 0 Å². The maximum Gasteiger partial charge on any atom is 0.142 e. The summed E-state index contributed by atoms with van der Waals surface area (Å²) in [5.74, 6) is 1.86. The molecule has 2 aromatic carbocycles. The van der Waals surface area contributed by atoms with E-state index in [0.717, 1.165) is 52.1 Å². The molecule has 3 aromatic rings. The predicted octanol–water partition coefficient (Wildman–Crippen LogP) is 4.71. The molecule has 24 heavy (non-hydrogen) atoms. The van der Waals surface area contributed by atoms with Crippen molar-refractivity contribution in [1.29, 1.82) is 0 Å². The van der Waals surface area contributed by atoms with Gasteiger partial charge in [0.15, 0.2) is 0 Å². The second-order valence-corrected chi connectivity index (χ2v) is 6.40. The summed E-state index contributed by atoms with van der Waals surface area (Å²) in [6, 6.07) is 16.4. The quantitative estimate of drug-likeness (QED) is 0.699. The maximum atomic E-state index is 6.24. The molecule has 0 saturated heterocycles. The molecule has 0 aliphatic carbocycles. The van der Waals surface area contributed by atoms with Crippen molar-refractivity contribution in [3.05, 3.63) is 71.5 Å². The third-order valence-electron chi connectivity index (χ3n) is 4.42. The van der Waals surface area contributed by atoms with Crippen LogP contribution in [0, 0.1) is 0 Å². The fraction of sp³-hybridized carbons (Fsp3) is 0.238. The van der Waals surface area contributed by atoms with Gasteiger partial charge in [0, 0.05) is 28.6 Å². The molecule has 4 rings (SSSR count). The second-order valence-electron chi connectivity index (χ2n) is 6.40. The number of para-hydroxylation sites is 2. The third-order valence-corrected chi connectivity index (χ3v) is 4.42. The van der Waals surface area contributed by atoms with Crippen LogP contribution in [-0.2, 0) is 6.61 Å². The molecular weight excluding hydrogens is 298 g/mol. The largest absolute Gasteiger partial charge is 0.488 e. The number of furan rings is 1. The molecule has 3 nitrogen and oxygen atoms in total. The van der Waals surface area contributed by atoms with Gasteiger partial charge in [0.1, 0.15) is 23.7 Å². The van der Waals surface area contributed by atoms with Crippen LogP contribution in [-0.4, -0.2) is 25.5 Å². The number of hydrogen-bond donors (Lipinski definition) is 0. The zero-order valence-corrected chi connectivity index (χ0v) is 14.1. The van der Waals surface area contributed by atoms with Gasteiger partial charge in [0.25, 0.3) is 0 Å². The first kappa shape index (κ1) is 15.0. The van der Waals surface area contributed by atoms with Gasteiger partial charge in [0.2, 0.25) is 0 Å². The minimum absolute atomic E-state index is 0.536. The number of benzene rings is 2. The van der Waals surface area contributed by atoms with Crippen LogP contribution < -0.4 is 4.74 Å². The smallest absolute Gasteiger partial charge is 0.142 e. The van der Waals surface area contributed by atoms with Crippen LogP contribution in [0.3, 0.4) is 0 Å². The van der Waals surface area contributed by atoms with Gasteiger partial charge in [-0.25, -0.2) is 0 Å². The zero-order chi connectivity index (χ0) is 16.5. The normalized spacial score (nSPS) is 15.2. The average Bonchev–Trinajstić information content (AvgIpc) is 2.88. The van der Waals surface area contributed by atoms with Gasteiger partial charge in [-0.3, -0.25) is 0 Å².